The first kappa shape index (κ1) is 10.9. The Bertz CT molecular complexity index is 184. The van der Waals surface area contributed by atoms with E-state index in [1.54, 1.807) is 0 Å². The summed E-state index contributed by atoms with van der Waals surface area (Å²) in [5.74, 6) is -0.122. The normalized spacial score (nSPS) is 12.2. The van der Waals surface area contributed by atoms with Crippen molar-refractivity contribution in [2.45, 2.75) is 19.9 Å². The number of nitriles is 1. The average molecular weight is 170 g/mol. The van der Waals surface area contributed by atoms with Gasteiger partial charge in [-0.05, 0) is 12.5 Å². The molecule has 1 atom stereocenters. The van der Waals surface area contributed by atoms with Crippen LogP contribution < -0.4 is 5.32 Å². The van der Waals surface area contributed by atoms with Gasteiger partial charge < -0.3 is 4.74 Å². The Balaban J connectivity index is 3.86. The maximum Gasteiger partial charge on any atom is 0.337 e. The molecule has 0 bridgehead atoms. The highest BCUT2D eigenvalue weighted by Gasteiger charge is 2.17. The van der Waals surface area contributed by atoms with E-state index in [1.807, 2.05) is 19.9 Å². The van der Waals surface area contributed by atoms with Crippen molar-refractivity contribution in [3.8, 4) is 6.07 Å². The van der Waals surface area contributed by atoms with Crippen molar-refractivity contribution < 1.29 is 9.53 Å². The van der Waals surface area contributed by atoms with Crippen LogP contribution in [0.15, 0.2) is 0 Å². The summed E-state index contributed by atoms with van der Waals surface area (Å²) >= 11 is 0. The Morgan fingerprint density at radius 2 is 2.25 bits per heavy atom. The highest BCUT2D eigenvalue weighted by atomic mass is 16.5. The van der Waals surface area contributed by atoms with Gasteiger partial charge in [0.05, 0.1) is 13.2 Å². The molecule has 12 heavy (non-hydrogen) atoms. The summed E-state index contributed by atoms with van der Waals surface area (Å²) in [7, 11) is 1.27. The summed E-state index contributed by atoms with van der Waals surface area (Å²) in [5.41, 5.74) is 0. The Kier molecular flexibility index (Phi) is 5.06. The predicted octanol–water partition coefficient (Wildman–Crippen LogP) is 0.297. The van der Waals surface area contributed by atoms with Crippen LogP contribution in [0.1, 0.15) is 13.8 Å². The van der Waals surface area contributed by atoms with Gasteiger partial charge >= 0.3 is 5.97 Å². The third-order valence-corrected chi connectivity index (χ3v) is 1.30. The molecule has 0 rings (SSSR count). The van der Waals surface area contributed by atoms with Gasteiger partial charge in [-0.2, -0.15) is 5.26 Å². The van der Waals surface area contributed by atoms with Gasteiger partial charge in [0.25, 0.3) is 0 Å². The fourth-order valence-corrected chi connectivity index (χ4v) is 0.653. The van der Waals surface area contributed by atoms with E-state index < -0.39 is 12.0 Å². The van der Waals surface area contributed by atoms with Crippen LogP contribution >= 0.6 is 0 Å². The molecule has 1 N–H and O–H groups in total. The quantitative estimate of drug-likeness (QED) is 0.616. The van der Waals surface area contributed by atoms with Crippen LogP contribution in [0, 0.1) is 17.2 Å². The molecule has 0 heterocycles. The molecule has 0 aromatic carbocycles. The van der Waals surface area contributed by atoms with Crippen molar-refractivity contribution in [2.24, 2.45) is 5.92 Å². The number of methoxy groups -OCH3 is 1. The molecule has 0 aromatic rings. The van der Waals surface area contributed by atoms with Crippen molar-refractivity contribution in [3.05, 3.63) is 0 Å². The second-order valence-electron chi connectivity index (χ2n) is 2.89. The van der Waals surface area contributed by atoms with Gasteiger partial charge in [-0.1, -0.05) is 13.8 Å². The molecule has 4 heteroatoms. The minimum atomic E-state index is -0.836. The van der Waals surface area contributed by atoms with Crippen molar-refractivity contribution in [3.63, 3.8) is 0 Å². The maximum atomic E-state index is 10.8. The van der Waals surface area contributed by atoms with Crippen LogP contribution in [0.2, 0.25) is 0 Å². The molecule has 0 amide bonds. The van der Waals surface area contributed by atoms with Gasteiger partial charge in [0.1, 0.15) is 0 Å². The number of nitrogens with one attached hydrogen (secondary N) is 1. The number of esters is 1. The zero-order chi connectivity index (χ0) is 9.56. The molecule has 0 spiro atoms. The molecule has 0 radical (unpaired) electrons. The molecule has 0 saturated carbocycles. The molecule has 0 saturated heterocycles. The number of nitrogens with zero attached hydrogens (tertiary/aromatic N) is 1. The number of hydrogen-bond donors (Lipinski definition) is 1. The van der Waals surface area contributed by atoms with Crippen molar-refractivity contribution in [2.75, 3.05) is 13.7 Å². The minimum Gasteiger partial charge on any atom is -0.467 e. The molecule has 0 aliphatic carbocycles. The number of hydrogen-bond acceptors (Lipinski definition) is 4. The molecule has 0 aliphatic rings. The topological polar surface area (TPSA) is 62.1 Å². The van der Waals surface area contributed by atoms with Gasteiger partial charge in [0, 0.05) is 0 Å². The summed E-state index contributed by atoms with van der Waals surface area (Å²) in [5, 5.41) is 11.3. The third kappa shape index (κ3) is 3.94. The molecule has 1 unspecified atom stereocenters. The van der Waals surface area contributed by atoms with E-state index in [9.17, 15) is 4.79 Å². The Labute approximate surface area is 72.5 Å². The van der Waals surface area contributed by atoms with E-state index in [4.69, 9.17) is 5.26 Å². The molecular weight excluding hydrogens is 156 g/mol. The van der Waals surface area contributed by atoms with Crippen LogP contribution in [0.5, 0.6) is 0 Å². The van der Waals surface area contributed by atoms with Crippen molar-refractivity contribution >= 4 is 5.97 Å². The fourth-order valence-electron chi connectivity index (χ4n) is 0.653. The van der Waals surface area contributed by atoms with Crippen LogP contribution in [0.4, 0.5) is 0 Å². The van der Waals surface area contributed by atoms with Gasteiger partial charge in [-0.25, -0.2) is 4.79 Å². The van der Waals surface area contributed by atoms with Gasteiger partial charge in [0.2, 0.25) is 0 Å². The molecule has 0 fully saturated rings. The second-order valence-corrected chi connectivity index (χ2v) is 2.89. The molecular formula is C8H14N2O2. The van der Waals surface area contributed by atoms with Crippen LogP contribution in [0.25, 0.3) is 0 Å². The summed E-state index contributed by atoms with van der Waals surface area (Å²) in [6.45, 7) is 4.63. The van der Waals surface area contributed by atoms with E-state index in [1.165, 1.54) is 7.11 Å². The predicted molar refractivity (Wildman–Crippen MR) is 44.3 cm³/mol. The number of ether oxygens (including phenoxy) is 1. The lowest BCUT2D eigenvalue weighted by Crippen LogP contribution is -2.38. The number of rotatable bonds is 4. The van der Waals surface area contributed by atoms with E-state index >= 15 is 0 Å². The number of carbonyl (C=O) groups is 1. The van der Waals surface area contributed by atoms with Crippen molar-refractivity contribution in [1.82, 2.24) is 5.32 Å². The molecule has 68 valence electrons. The largest absolute Gasteiger partial charge is 0.467 e. The van der Waals surface area contributed by atoms with E-state index in [0.29, 0.717) is 12.5 Å². The maximum absolute atomic E-state index is 10.8. The Morgan fingerprint density at radius 3 is 2.58 bits per heavy atom. The number of carbonyl (C=O) groups excluding carboxylic acids is 1. The smallest absolute Gasteiger partial charge is 0.337 e. The van der Waals surface area contributed by atoms with Gasteiger partial charge in [0.15, 0.2) is 6.04 Å². The van der Waals surface area contributed by atoms with Crippen LogP contribution in [-0.4, -0.2) is 25.7 Å². The SMILES string of the molecule is COC(=O)C(C#N)NCC(C)C. The first-order valence-corrected chi connectivity index (χ1v) is 3.82. The second kappa shape index (κ2) is 5.56. The molecule has 0 aliphatic heterocycles. The minimum absolute atomic E-state index is 0.408. The summed E-state index contributed by atoms with van der Waals surface area (Å²) in [6.07, 6.45) is 0. The molecule has 0 aromatic heterocycles. The van der Waals surface area contributed by atoms with E-state index in [-0.39, 0.29) is 0 Å². The molecule has 4 nitrogen and oxygen atoms in total. The fraction of sp³-hybridized carbons (Fsp3) is 0.750. The van der Waals surface area contributed by atoms with E-state index in [0.717, 1.165) is 0 Å². The standard InChI is InChI=1S/C8H14N2O2/c1-6(2)5-10-7(4-9)8(11)12-3/h6-7,10H,5H2,1-3H3. The lowest BCUT2D eigenvalue weighted by molar-refractivity contribution is -0.141. The third-order valence-electron chi connectivity index (χ3n) is 1.30. The van der Waals surface area contributed by atoms with Gasteiger partial charge in [-0.15, -0.1) is 0 Å². The van der Waals surface area contributed by atoms with E-state index in [2.05, 4.69) is 10.1 Å². The first-order valence-electron chi connectivity index (χ1n) is 3.82. The first-order chi connectivity index (χ1) is 5.61. The summed E-state index contributed by atoms with van der Waals surface area (Å²) < 4.78 is 4.41. The summed E-state index contributed by atoms with van der Waals surface area (Å²) in [6, 6.07) is 0.987. The zero-order valence-corrected chi connectivity index (χ0v) is 7.63. The zero-order valence-electron chi connectivity index (χ0n) is 7.63. The van der Waals surface area contributed by atoms with Gasteiger partial charge in [-0.3, -0.25) is 5.32 Å². The van der Waals surface area contributed by atoms with Crippen molar-refractivity contribution in [1.29, 1.82) is 5.26 Å². The summed E-state index contributed by atoms with van der Waals surface area (Å²) in [4.78, 5) is 10.8. The highest BCUT2D eigenvalue weighted by molar-refractivity contribution is 5.78. The van der Waals surface area contributed by atoms with Crippen LogP contribution in [0.3, 0.4) is 0 Å². The average Bonchev–Trinajstić information content (AvgIpc) is 2.04. The monoisotopic (exact) mass is 170 g/mol. The lowest BCUT2D eigenvalue weighted by Gasteiger charge is -2.10. The Morgan fingerprint density at radius 1 is 1.67 bits per heavy atom. The highest BCUT2D eigenvalue weighted by Crippen LogP contribution is 1.91. The lowest BCUT2D eigenvalue weighted by atomic mass is 10.2. The Hall–Kier alpha value is -1.08. The van der Waals surface area contributed by atoms with Crippen LogP contribution in [-0.2, 0) is 9.53 Å².